The van der Waals surface area contributed by atoms with Crippen molar-refractivity contribution in [2.45, 2.75) is 31.7 Å². The standard InChI is InChI=1S/C22H25N5.ClH/c1-2-5-17(6-3-1)21-24-22(26-25-21)18-10-13-27(14-11-18)15-19-8-4-7-16-9-12-23-20(16)19;/h1-8,18,23H,9-15H2,(H,24,25,26);1H. The van der Waals surface area contributed by atoms with E-state index in [2.05, 4.69) is 50.7 Å². The zero-order chi connectivity index (χ0) is 18.1. The molecule has 1 aromatic heterocycles. The number of aromatic amines is 1. The number of halogens is 1. The Balaban J connectivity index is 0.00000192. The first kappa shape index (κ1) is 19.0. The summed E-state index contributed by atoms with van der Waals surface area (Å²) in [6.07, 6.45) is 3.41. The molecular formula is C22H26ClN5. The van der Waals surface area contributed by atoms with Crippen LogP contribution in [0.25, 0.3) is 11.4 Å². The van der Waals surface area contributed by atoms with Crippen LogP contribution in [0, 0.1) is 0 Å². The van der Waals surface area contributed by atoms with E-state index in [0.717, 1.165) is 62.7 Å². The summed E-state index contributed by atoms with van der Waals surface area (Å²) in [5.74, 6) is 2.32. The molecule has 2 N–H and O–H groups in total. The molecule has 6 heteroatoms. The second-order valence-corrected chi connectivity index (χ2v) is 7.59. The first-order chi connectivity index (χ1) is 13.4. The molecule has 5 nitrogen and oxygen atoms in total. The number of H-pyrrole nitrogens is 1. The minimum absolute atomic E-state index is 0. The average molecular weight is 396 g/mol. The Morgan fingerprint density at radius 3 is 2.64 bits per heavy atom. The summed E-state index contributed by atoms with van der Waals surface area (Å²) < 4.78 is 0. The van der Waals surface area contributed by atoms with E-state index in [-0.39, 0.29) is 12.4 Å². The second kappa shape index (κ2) is 8.33. The van der Waals surface area contributed by atoms with Crippen molar-refractivity contribution in [2.24, 2.45) is 0 Å². The highest BCUT2D eigenvalue weighted by Crippen LogP contribution is 2.31. The van der Waals surface area contributed by atoms with E-state index in [1.807, 2.05) is 18.2 Å². The Morgan fingerprint density at radius 1 is 1.00 bits per heavy atom. The number of nitrogens with zero attached hydrogens (tertiary/aromatic N) is 3. The molecule has 0 bridgehead atoms. The summed E-state index contributed by atoms with van der Waals surface area (Å²) in [6, 6.07) is 16.9. The van der Waals surface area contributed by atoms with E-state index in [0.29, 0.717) is 5.92 Å². The molecule has 0 spiro atoms. The van der Waals surface area contributed by atoms with E-state index in [4.69, 9.17) is 4.98 Å². The van der Waals surface area contributed by atoms with Gasteiger partial charge < -0.3 is 5.32 Å². The van der Waals surface area contributed by atoms with E-state index in [9.17, 15) is 0 Å². The van der Waals surface area contributed by atoms with Crippen molar-refractivity contribution in [2.75, 3.05) is 25.0 Å². The highest BCUT2D eigenvalue weighted by atomic mass is 35.5. The molecule has 1 saturated heterocycles. The van der Waals surface area contributed by atoms with Gasteiger partial charge in [0.05, 0.1) is 0 Å². The molecule has 0 aliphatic carbocycles. The molecule has 3 heterocycles. The first-order valence-corrected chi connectivity index (χ1v) is 9.91. The van der Waals surface area contributed by atoms with Crippen LogP contribution < -0.4 is 5.32 Å². The number of anilines is 1. The molecule has 0 amide bonds. The number of likely N-dealkylation sites (tertiary alicyclic amines) is 1. The van der Waals surface area contributed by atoms with Crippen molar-refractivity contribution < 1.29 is 0 Å². The van der Waals surface area contributed by atoms with Crippen LogP contribution in [0.5, 0.6) is 0 Å². The summed E-state index contributed by atoms with van der Waals surface area (Å²) in [7, 11) is 0. The number of fused-ring (bicyclic) bond motifs is 1. The van der Waals surface area contributed by atoms with Gasteiger partial charge in [0.1, 0.15) is 5.82 Å². The fourth-order valence-corrected chi connectivity index (χ4v) is 4.32. The highest BCUT2D eigenvalue weighted by Gasteiger charge is 2.24. The topological polar surface area (TPSA) is 56.8 Å². The molecule has 2 aliphatic heterocycles. The normalized spacial score (nSPS) is 17.0. The van der Waals surface area contributed by atoms with Crippen molar-refractivity contribution in [1.82, 2.24) is 20.1 Å². The summed E-state index contributed by atoms with van der Waals surface area (Å²) in [5, 5.41) is 11.2. The number of piperidine rings is 1. The fraction of sp³-hybridized carbons (Fsp3) is 0.364. The van der Waals surface area contributed by atoms with Gasteiger partial charge >= 0.3 is 0 Å². The summed E-state index contributed by atoms with van der Waals surface area (Å²) in [4.78, 5) is 7.34. The largest absolute Gasteiger partial charge is 0.384 e. The Bertz CT molecular complexity index is 916. The van der Waals surface area contributed by atoms with Crippen molar-refractivity contribution in [3.8, 4) is 11.4 Å². The SMILES string of the molecule is Cl.c1ccc(-c2n[nH]c(C3CCN(Cc4cccc5c4NCC5)CC3)n2)cc1. The third-order valence-electron chi connectivity index (χ3n) is 5.84. The Labute approximate surface area is 172 Å². The van der Waals surface area contributed by atoms with E-state index < -0.39 is 0 Å². The monoisotopic (exact) mass is 395 g/mol. The molecule has 0 unspecified atom stereocenters. The van der Waals surface area contributed by atoms with Crippen molar-refractivity contribution in [3.63, 3.8) is 0 Å². The van der Waals surface area contributed by atoms with Gasteiger partial charge in [0.2, 0.25) is 0 Å². The molecule has 5 rings (SSSR count). The number of hydrogen-bond donors (Lipinski definition) is 2. The average Bonchev–Trinajstić information content (AvgIpc) is 3.40. The number of para-hydroxylation sites is 1. The first-order valence-electron chi connectivity index (χ1n) is 9.91. The Morgan fingerprint density at radius 2 is 1.82 bits per heavy atom. The van der Waals surface area contributed by atoms with Gasteiger partial charge in [-0.3, -0.25) is 10.00 Å². The lowest BCUT2D eigenvalue weighted by molar-refractivity contribution is 0.202. The number of rotatable bonds is 4. The quantitative estimate of drug-likeness (QED) is 0.693. The minimum Gasteiger partial charge on any atom is -0.384 e. The Hall–Kier alpha value is -2.37. The molecule has 0 saturated carbocycles. The maximum Gasteiger partial charge on any atom is 0.181 e. The van der Waals surface area contributed by atoms with Gasteiger partial charge in [-0.1, -0.05) is 48.5 Å². The number of benzene rings is 2. The van der Waals surface area contributed by atoms with Crippen molar-refractivity contribution in [3.05, 3.63) is 65.5 Å². The molecule has 2 aromatic carbocycles. The number of nitrogens with one attached hydrogen (secondary N) is 2. The van der Waals surface area contributed by atoms with Crippen LogP contribution in [0.2, 0.25) is 0 Å². The fourth-order valence-electron chi connectivity index (χ4n) is 4.32. The third-order valence-corrected chi connectivity index (χ3v) is 5.84. The maximum absolute atomic E-state index is 4.77. The molecule has 28 heavy (non-hydrogen) atoms. The molecular weight excluding hydrogens is 370 g/mol. The van der Waals surface area contributed by atoms with Gasteiger partial charge in [0.25, 0.3) is 0 Å². The lowest BCUT2D eigenvalue weighted by Gasteiger charge is -2.31. The zero-order valence-corrected chi connectivity index (χ0v) is 16.7. The van der Waals surface area contributed by atoms with Crippen molar-refractivity contribution >= 4 is 18.1 Å². The molecule has 0 atom stereocenters. The third kappa shape index (κ3) is 3.77. The van der Waals surface area contributed by atoms with Crippen LogP contribution >= 0.6 is 12.4 Å². The van der Waals surface area contributed by atoms with Crippen LogP contribution in [0.3, 0.4) is 0 Å². The lowest BCUT2D eigenvalue weighted by Crippen LogP contribution is -2.33. The van der Waals surface area contributed by atoms with E-state index in [1.165, 1.54) is 16.8 Å². The second-order valence-electron chi connectivity index (χ2n) is 7.59. The molecule has 3 aromatic rings. The Kier molecular flexibility index (Phi) is 5.64. The van der Waals surface area contributed by atoms with Gasteiger partial charge in [-0.05, 0) is 43.5 Å². The zero-order valence-electron chi connectivity index (χ0n) is 15.9. The van der Waals surface area contributed by atoms with Crippen molar-refractivity contribution in [1.29, 1.82) is 0 Å². The number of hydrogen-bond acceptors (Lipinski definition) is 4. The summed E-state index contributed by atoms with van der Waals surface area (Å²) in [5.41, 5.74) is 5.36. The highest BCUT2D eigenvalue weighted by molar-refractivity contribution is 5.85. The summed E-state index contributed by atoms with van der Waals surface area (Å²) in [6.45, 7) is 4.32. The van der Waals surface area contributed by atoms with Crippen LogP contribution in [0.4, 0.5) is 5.69 Å². The maximum atomic E-state index is 4.77. The predicted octanol–water partition coefficient (Wildman–Crippen LogP) is 4.24. The molecule has 2 aliphatic rings. The molecule has 146 valence electrons. The smallest absolute Gasteiger partial charge is 0.181 e. The molecule has 0 radical (unpaired) electrons. The predicted molar refractivity (Wildman–Crippen MR) is 115 cm³/mol. The van der Waals surface area contributed by atoms with E-state index in [1.54, 1.807) is 0 Å². The van der Waals surface area contributed by atoms with E-state index >= 15 is 0 Å². The number of aromatic nitrogens is 3. The van der Waals surface area contributed by atoms with Gasteiger partial charge in [-0.15, -0.1) is 12.4 Å². The van der Waals surface area contributed by atoms with Crippen LogP contribution in [-0.4, -0.2) is 39.7 Å². The van der Waals surface area contributed by atoms with Gasteiger partial charge in [0, 0.05) is 30.3 Å². The summed E-state index contributed by atoms with van der Waals surface area (Å²) >= 11 is 0. The lowest BCUT2D eigenvalue weighted by atomic mass is 9.95. The van der Waals surface area contributed by atoms with Crippen LogP contribution in [0.15, 0.2) is 48.5 Å². The van der Waals surface area contributed by atoms with Crippen LogP contribution in [-0.2, 0) is 13.0 Å². The van der Waals surface area contributed by atoms with Gasteiger partial charge in [-0.2, -0.15) is 5.10 Å². The molecule has 1 fully saturated rings. The van der Waals surface area contributed by atoms with Gasteiger partial charge in [-0.25, -0.2) is 4.98 Å². The van der Waals surface area contributed by atoms with Crippen LogP contribution in [0.1, 0.15) is 35.7 Å². The van der Waals surface area contributed by atoms with Gasteiger partial charge in [0.15, 0.2) is 5.82 Å². The minimum atomic E-state index is 0.